The fourth-order valence-corrected chi connectivity index (χ4v) is 4.24. The molecule has 0 amide bonds. The van der Waals surface area contributed by atoms with Crippen LogP contribution in [0.1, 0.15) is 27.8 Å². The first-order valence-corrected chi connectivity index (χ1v) is 9.30. The summed E-state index contributed by atoms with van der Waals surface area (Å²) in [6, 6.07) is 21.2. The van der Waals surface area contributed by atoms with Gasteiger partial charge in [0.2, 0.25) is 5.88 Å². The summed E-state index contributed by atoms with van der Waals surface area (Å²) in [7, 11) is 0. The molecule has 0 aliphatic carbocycles. The molecule has 2 heteroatoms. The molecule has 1 aromatic heterocycles. The third-order valence-corrected chi connectivity index (χ3v) is 5.28. The zero-order chi connectivity index (χ0) is 18.5. The minimum atomic E-state index is 0.882. The Hall–Kier alpha value is -3.26. The number of furan rings is 1. The molecule has 0 atom stereocenters. The molecule has 4 aromatic rings. The standard InChI is InChI=1S/C25H21NO/c1-16-14-17(2)24(18(3)15-16)26-22-10-6-4-8-19(22)12-13-21-20-9-5-7-11-23(20)27-25(21)26/h4-15H,1-3H3. The fourth-order valence-electron chi connectivity index (χ4n) is 4.24. The number of hydrogen-bond acceptors (Lipinski definition) is 2. The summed E-state index contributed by atoms with van der Waals surface area (Å²) in [5, 5.41) is 1.14. The van der Waals surface area contributed by atoms with Gasteiger partial charge in [0, 0.05) is 10.9 Å². The molecule has 3 aromatic carbocycles. The van der Waals surface area contributed by atoms with Crippen molar-refractivity contribution >= 4 is 40.4 Å². The van der Waals surface area contributed by atoms with Gasteiger partial charge in [0.15, 0.2) is 0 Å². The molecule has 0 spiro atoms. The summed E-state index contributed by atoms with van der Waals surface area (Å²) in [6.07, 6.45) is 4.37. The molecule has 1 aliphatic heterocycles. The van der Waals surface area contributed by atoms with Gasteiger partial charge in [-0.25, -0.2) is 0 Å². The van der Waals surface area contributed by atoms with Crippen molar-refractivity contribution in [1.29, 1.82) is 0 Å². The van der Waals surface area contributed by atoms with Gasteiger partial charge >= 0.3 is 0 Å². The van der Waals surface area contributed by atoms with Gasteiger partial charge in [0.05, 0.1) is 11.4 Å². The molecular formula is C25H21NO. The molecule has 5 rings (SSSR count). The van der Waals surface area contributed by atoms with Crippen LogP contribution in [0.25, 0.3) is 23.1 Å². The van der Waals surface area contributed by atoms with Crippen molar-refractivity contribution in [2.45, 2.75) is 20.8 Å². The minimum absolute atomic E-state index is 0.882. The number of para-hydroxylation sites is 2. The van der Waals surface area contributed by atoms with E-state index in [1.54, 1.807) is 0 Å². The van der Waals surface area contributed by atoms with E-state index in [0.717, 1.165) is 28.1 Å². The molecule has 2 heterocycles. The van der Waals surface area contributed by atoms with E-state index >= 15 is 0 Å². The van der Waals surface area contributed by atoms with Crippen LogP contribution in [0.4, 0.5) is 17.3 Å². The Bertz CT molecular complexity index is 1190. The summed E-state index contributed by atoms with van der Waals surface area (Å²) in [4.78, 5) is 2.29. The Morgan fingerprint density at radius 1 is 0.778 bits per heavy atom. The molecule has 0 N–H and O–H groups in total. The average Bonchev–Trinajstić information content (AvgIpc) is 2.93. The van der Waals surface area contributed by atoms with Crippen LogP contribution in [0.3, 0.4) is 0 Å². The van der Waals surface area contributed by atoms with E-state index in [9.17, 15) is 0 Å². The second-order valence-corrected chi connectivity index (χ2v) is 7.29. The number of anilines is 3. The van der Waals surface area contributed by atoms with Gasteiger partial charge in [0.25, 0.3) is 0 Å². The van der Waals surface area contributed by atoms with Crippen molar-refractivity contribution in [1.82, 2.24) is 0 Å². The molecule has 0 saturated carbocycles. The first-order valence-electron chi connectivity index (χ1n) is 9.30. The van der Waals surface area contributed by atoms with Crippen molar-refractivity contribution in [2.75, 3.05) is 4.90 Å². The normalized spacial score (nSPS) is 12.8. The van der Waals surface area contributed by atoms with Crippen molar-refractivity contribution in [3.05, 3.63) is 88.5 Å². The number of nitrogens with zero attached hydrogens (tertiary/aromatic N) is 1. The Labute approximate surface area is 159 Å². The molecule has 0 unspecified atom stereocenters. The first kappa shape index (κ1) is 16.0. The summed E-state index contributed by atoms with van der Waals surface area (Å²) in [6.45, 7) is 6.51. The molecule has 2 nitrogen and oxygen atoms in total. The van der Waals surface area contributed by atoms with Crippen molar-refractivity contribution < 1.29 is 4.42 Å². The SMILES string of the molecule is Cc1cc(C)c(N2c3ccccc3C=Cc3c2oc2ccccc32)c(C)c1. The second kappa shape index (κ2) is 5.88. The van der Waals surface area contributed by atoms with Crippen molar-refractivity contribution in [3.63, 3.8) is 0 Å². The van der Waals surface area contributed by atoms with Gasteiger partial charge in [-0.05, 0) is 55.7 Å². The first-order chi connectivity index (χ1) is 13.1. The van der Waals surface area contributed by atoms with Gasteiger partial charge in [-0.1, -0.05) is 60.2 Å². The Kier molecular flexibility index (Phi) is 3.48. The lowest BCUT2D eigenvalue weighted by molar-refractivity contribution is 0.620. The van der Waals surface area contributed by atoms with Gasteiger partial charge in [-0.15, -0.1) is 0 Å². The summed E-state index contributed by atoms with van der Waals surface area (Å²) in [5.74, 6) is 0.882. The quantitative estimate of drug-likeness (QED) is 0.315. The van der Waals surface area contributed by atoms with E-state index in [4.69, 9.17) is 4.42 Å². The monoisotopic (exact) mass is 351 g/mol. The molecule has 0 radical (unpaired) electrons. The van der Waals surface area contributed by atoms with E-state index in [1.165, 1.54) is 27.9 Å². The number of aryl methyl sites for hydroxylation is 3. The highest BCUT2D eigenvalue weighted by atomic mass is 16.4. The average molecular weight is 351 g/mol. The van der Waals surface area contributed by atoms with E-state index in [1.807, 2.05) is 12.1 Å². The van der Waals surface area contributed by atoms with Crippen molar-refractivity contribution in [3.8, 4) is 0 Å². The van der Waals surface area contributed by atoms with Crippen molar-refractivity contribution in [2.24, 2.45) is 0 Å². The van der Waals surface area contributed by atoms with E-state index in [0.29, 0.717) is 0 Å². The topological polar surface area (TPSA) is 16.4 Å². The number of rotatable bonds is 1. The van der Waals surface area contributed by atoms with Gasteiger partial charge < -0.3 is 4.42 Å². The van der Waals surface area contributed by atoms with Gasteiger partial charge in [0.1, 0.15) is 5.58 Å². The molecule has 132 valence electrons. The van der Waals surface area contributed by atoms with E-state index < -0.39 is 0 Å². The summed E-state index contributed by atoms with van der Waals surface area (Å²) < 4.78 is 6.41. The summed E-state index contributed by atoms with van der Waals surface area (Å²) >= 11 is 0. The van der Waals surface area contributed by atoms with Crippen LogP contribution in [0, 0.1) is 20.8 Å². The largest absolute Gasteiger partial charge is 0.439 e. The molecule has 0 bridgehead atoms. The lowest BCUT2D eigenvalue weighted by atomic mass is 10.0. The van der Waals surface area contributed by atoms with Crippen LogP contribution in [0.5, 0.6) is 0 Å². The minimum Gasteiger partial charge on any atom is -0.439 e. The Morgan fingerprint density at radius 2 is 1.48 bits per heavy atom. The highest BCUT2D eigenvalue weighted by Crippen LogP contribution is 2.47. The maximum atomic E-state index is 6.41. The molecule has 27 heavy (non-hydrogen) atoms. The lowest BCUT2D eigenvalue weighted by Gasteiger charge is -2.27. The third kappa shape index (κ3) is 2.41. The number of benzene rings is 3. The molecular weight excluding hydrogens is 330 g/mol. The zero-order valence-corrected chi connectivity index (χ0v) is 15.8. The van der Waals surface area contributed by atoms with Gasteiger partial charge in [-0.2, -0.15) is 0 Å². The predicted molar refractivity (Wildman–Crippen MR) is 114 cm³/mol. The van der Waals surface area contributed by atoms with Crippen LogP contribution in [0.2, 0.25) is 0 Å². The highest BCUT2D eigenvalue weighted by Gasteiger charge is 2.27. The molecule has 0 saturated heterocycles. The van der Waals surface area contributed by atoms with Gasteiger partial charge in [-0.3, -0.25) is 4.90 Å². The van der Waals surface area contributed by atoms with Crippen LogP contribution >= 0.6 is 0 Å². The third-order valence-electron chi connectivity index (χ3n) is 5.28. The Balaban J connectivity index is 1.89. The maximum absolute atomic E-state index is 6.41. The second-order valence-electron chi connectivity index (χ2n) is 7.29. The van der Waals surface area contributed by atoms with E-state index in [-0.39, 0.29) is 0 Å². The van der Waals surface area contributed by atoms with E-state index in [2.05, 4.69) is 86.4 Å². The number of hydrogen-bond donors (Lipinski definition) is 0. The molecule has 1 aliphatic rings. The van der Waals surface area contributed by atoms with Crippen LogP contribution in [-0.2, 0) is 0 Å². The number of fused-ring (bicyclic) bond motifs is 4. The van der Waals surface area contributed by atoms with Crippen LogP contribution in [-0.4, -0.2) is 0 Å². The maximum Gasteiger partial charge on any atom is 0.213 e. The van der Waals surface area contributed by atoms with Crippen LogP contribution in [0.15, 0.2) is 65.1 Å². The molecule has 0 fully saturated rings. The smallest absolute Gasteiger partial charge is 0.213 e. The predicted octanol–water partition coefficient (Wildman–Crippen LogP) is 7.31. The summed E-state index contributed by atoms with van der Waals surface area (Å²) in [5.41, 5.74) is 9.33. The van der Waals surface area contributed by atoms with Crippen LogP contribution < -0.4 is 4.90 Å². The highest BCUT2D eigenvalue weighted by molar-refractivity contribution is 6.02. The lowest BCUT2D eigenvalue weighted by Crippen LogP contribution is -2.13. The zero-order valence-electron chi connectivity index (χ0n) is 15.8. The Morgan fingerprint density at radius 3 is 2.30 bits per heavy atom. The fraction of sp³-hybridized carbons (Fsp3) is 0.120.